The SMILES string of the molecule is Cc1nc(NC(=O)c2cccc(Br)c2C)sc1S(N)(=O)=O. The first-order valence-electron chi connectivity index (χ1n) is 5.77. The lowest BCUT2D eigenvalue weighted by molar-refractivity contribution is 0.102. The summed E-state index contributed by atoms with van der Waals surface area (Å²) in [4.78, 5) is 16.2. The summed E-state index contributed by atoms with van der Waals surface area (Å²) >= 11 is 4.18. The van der Waals surface area contributed by atoms with Gasteiger partial charge in [-0.2, -0.15) is 0 Å². The number of aryl methyl sites for hydroxylation is 1. The van der Waals surface area contributed by atoms with E-state index in [0.717, 1.165) is 21.4 Å². The van der Waals surface area contributed by atoms with Crippen LogP contribution in [0.15, 0.2) is 26.9 Å². The van der Waals surface area contributed by atoms with Crippen molar-refractivity contribution >= 4 is 48.3 Å². The zero-order valence-electron chi connectivity index (χ0n) is 11.2. The zero-order chi connectivity index (χ0) is 15.8. The normalized spacial score (nSPS) is 11.4. The Bertz CT molecular complexity index is 815. The number of halogens is 1. The maximum atomic E-state index is 12.2. The zero-order valence-corrected chi connectivity index (χ0v) is 14.4. The van der Waals surface area contributed by atoms with Crippen molar-refractivity contribution in [1.29, 1.82) is 0 Å². The molecule has 0 atom stereocenters. The first-order chi connectivity index (χ1) is 9.70. The molecule has 0 bridgehead atoms. The number of carbonyl (C=O) groups is 1. The minimum absolute atomic E-state index is 0.0521. The third kappa shape index (κ3) is 3.49. The summed E-state index contributed by atoms with van der Waals surface area (Å²) in [7, 11) is -3.83. The number of nitrogens with one attached hydrogen (secondary N) is 1. The van der Waals surface area contributed by atoms with Gasteiger partial charge in [0.1, 0.15) is 0 Å². The van der Waals surface area contributed by atoms with Crippen LogP contribution in [-0.2, 0) is 10.0 Å². The monoisotopic (exact) mass is 389 g/mol. The fraction of sp³-hybridized carbons (Fsp3) is 0.167. The van der Waals surface area contributed by atoms with Crippen LogP contribution in [0.25, 0.3) is 0 Å². The lowest BCUT2D eigenvalue weighted by Gasteiger charge is -2.06. The van der Waals surface area contributed by atoms with Crippen molar-refractivity contribution in [3.8, 4) is 0 Å². The maximum absolute atomic E-state index is 12.2. The van der Waals surface area contributed by atoms with Crippen LogP contribution in [0.4, 0.5) is 5.13 Å². The summed E-state index contributed by atoms with van der Waals surface area (Å²) in [6, 6.07) is 5.25. The molecule has 112 valence electrons. The highest BCUT2D eigenvalue weighted by Crippen LogP contribution is 2.27. The van der Waals surface area contributed by atoms with Gasteiger partial charge in [0, 0.05) is 10.0 Å². The number of aromatic nitrogens is 1. The third-order valence-corrected chi connectivity index (χ3v) is 6.23. The second-order valence-corrected chi connectivity index (χ2v) is 7.91. The number of hydrogen-bond donors (Lipinski definition) is 2. The molecule has 2 aromatic rings. The highest BCUT2D eigenvalue weighted by Gasteiger charge is 2.19. The molecule has 1 aromatic carbocycles. The molecule has 2 rings (SSSR count). The van der Waals surface area contributed by atoms with E-state index < -0.39 is 10.0 Å². The molecule has 0 unspecified atom stereocenters. The lowest BCUT2D eigenvalue weighted by Crippen LogP contribution is -2.13. The van der Waals surface area contributed by atoms with Crippen LogP contribution in [0.5, 0.6) is 0 Å². The molecule has 0 aliphatic rings. The standard InChI is InChI=1S/C12H12BrN3O3S2/c1-6-8(4-3-5-9(6)13)10(17)16-12-15-7(2)11(20-12)21(14,18)19/h3-5H,1-2H3,(H2,14,18,19)(H,15,16,17). The Balaban J connectivity index is 2.31. The van der Waals surface area contributed by atoms with Crippen molar-refractivity contribution in [2.45, 2.75) is 18.1 Å². The number of sulfonamides is 1. The first-order valence-corrected chi connectivity index (χ1v) is 8.92. The molecular weight excluding hydrogens is 378 g/mol. The number of benzene rings is 1. The Morgan fingerprint density at radius 2 is 2.05 bits per heavy atom. The van der Waals surface area contributed by atoms with Gasteiger partial charge in [-0.15, -0.1) is 0 Å². The molecule has 0 radical (unpaired) electrons. The van der Waals surface area contributed by atoms with Gasteiger partial charge >= 0.3 is 0 Å². The Morgan fingerprint density at radius 1 is 1.38 bits per heavy atom. The number of amides is 1. The molecule has 9 heteroatoms. The summed E-state index contributed by atoms with van der Waals surface area (Å²) in [6.45, 7) is 3.33. The average Bonchev–Trinajstić information content (AvgIpc) is 2.73. The van der Waals surface area contributed by atoms with E-state index in [4.69, 9.17) is 5.14 Å². The van der Waals surface area contributed by atoms with Gasteiger partial charge in [-0.25, -0.2) is 18.5 Å². The second-order valence-electron chi connectivity index (χ2n) is 4.30. The number of nitrogens with zero attached hydrogens (tertiary/aromatic N) is 1. The summed E-state index contributed by atoms with van der Waals surface area (Å²) in [5.41, 5.74) is 1.54. The quantitative estimate of drug-likeness (QED) is 0.840. The predicted octanol–water partition coefficient (Wildman–Crippen LogP) is 2.42. The van der Waals surface area contributed by atoms with Crippen molar-refractivity contribution in [3.05, 3.63) is 39.5 Å². The first kappa shape index (κ1) is 16.1. The van der Waals surface area contributed by atoms with Crippen LogP contribution in [0.2, 0.25) is 0 Å². The van der Waals surface area contributed by atoms with Gasteiger partial charge in [0.2, 0.25) is 10.0 Å². The fourth-order valence-corrected chi connectivity index (χ4v) is 3.94. The lowest BCUT2D eigenvalue weighted by atomic mass is 10.1. The van der Waals surface area contributed by atoms with Crippen LogP contribution >= 0.6 is 27.3 Å². The van der Waals surface area contributed by atoms with E-state index in [2.05, 4.69) is 26.2 Å². The van der Waals surface area contributed by atoms with Crippen molar-refractivity contribution in [2.75, 3.05) is 5.32 Å². The van der Waals surface area contributed by atoms with E-state index in [1.54, 1.807) is 12.1 Å². The molecular formula is C12H12BrN3O3S2. The highest BCUT2D eigenvalue weighted by atomic mass is 79.9. The maximum Gasteiger partial charge on any atom is 0.257 e. The molecule has 1 heterocycles. The minimum atomic E-state index is -3.83. The minimum Gasteiger partial charge on any atom is -0.298 e. The molecule has 0 saturated carbocycles. The topological polar surface area (TPSA) is 102 Å². The van der Waals surface area contributed by atoms with E-state index >= 15 is 0 Å². The molecule has 0 spiro atoms. The van der Waals surface area contributed by atoms with Crippen LogP contribution in [0.1, 0.15) is 21.6 Å². The molecule has 3 N–H and O–H groups in total. The van der Waals surface area contributed by atoms with Gasteiger partial charge in [0.25, 0.3) is 5.91 Å². The number of nitrogens with two attached hydrogens (primary N) is 1. The van der Waals surface area contributed by atoms with Crippen LogP contribution in [-0.4, -0.2) is 19.3 Å². The Labute approximate surface area is 134 Å². The van der Waals surface area contributed by atoms with Gasteiger partial charge in [0.05, 0.1) is 5.69 Å². The molecule has 0 aliphatic carbocycles. The van der Waals surface area contributed by atoms with Crippen LogP contribution < -0.4 is 10.5 Å². The molecule has 6 nitrogen and oxygen atoms in total. The number of carbonyl (C=O) groups excluding carboxylic acids is 1. The Hall–Kier alpha value is -1.29. The van der Waals surface area contributed by atoms with Crippen molar-refractivity contribution in [3.63, 3.8) is 0 Å². The molecule has 0 aliphatic heterocycles. The third-order valence-electron chi connectivity index (χ3n) is 2.75. The second kappa shape index (κ2) is 5.84. The van der Waals surface area contributed by atoms with Crippen molar-refractivity contribution < 1.29 is 13.2 Å². The number of rotatable bonds is 3. The van der Waals surface area contributed by atoms with Gasteiger partial charge in [-0.05, 0) is 31.5 Å². The molecule has 0 saturated heterocycles. The van der Waals surface area contributed by atoms with E-state index in [9.17, 15) is 13.2 Å². The Kier molecular flexibility index (Phi) is 4.47. The molecule has 1 aromatic heterocycles. The smallest absolute Gasteiger partial charge is 0.257 e. The van der Waals surface area contributed by atoms with Gasteiger partial charge in [-0.1, -0.05) is 33.3 Å². The highest BCUT2D eigenvalue weighted by molar-refractivity contribution is 9.10. The summed E-state index contributed by atoms with van der Waals surface area (Å²) < 4.78 is 23.5. The average molecular weight is 390 g/mol. The molecule has 1 amide bonds. The largest absolute Gasteiger partial charge is 0.298 e. The summed E-state index contributed by atoms with van der Waals surface area (Å²) in [5, 5.41) is 7.86. The summed E-state index contributed by atoms with van der Waals surface area (Å²) in [6.07, 6.45) is 0. The predicted molar refractivity (Wildman–Crippen MR) is 85.1 cm³/mol. The number of anilines is 1. The fourth-order valence-electron chi connectivity index (χ4n) is 1.72. The van der Waals surface area contributed by atoms with E-state index in [1.165, 1.54) is 6.92 Å². The van der Waals surface area contributed by atoms with Crippen LogP contribution in [0, 0.1) is 13.8 Å². The van der Waals surface area contributed by atoms with Gasteiger partial charge < -0.3 is 0 Å². The van der Waals surface area contributed by atoms with Crippen molar-refractivity contribution in [1.82, 2.24) is 4.98 Å². The van der Waals surface area contributed by atoms with E-state index in [1.807, 2.05) is 13.0 Å². The molecule has 0 fully saturated rings. The number of hydrogen-bond acceptors (Lipinski definition) is 5. The van der Waals surface area contributed by atoms with Gasteiger partial charge in [-0.3, -0.25) is 10.1 Å². The summed E-state index contributed by atoms with van der Waals surface area (Å²) in [5.74, 6) is -0.358. The number of primary sulfonamides is 1. The van der Waals surface area contributed by atoms with E-state index in [0.29, 0.717) is 5.56 Å². The van der Waals surface area contributed by atoms with Crippen LogP contribution in [0.3, 0.4) is 0 Å². The Morgan fingerprint density at radius 3 is 2.62 bits per heavy atom. The van der Waals surface area contributed by atoms with Gasteiger partial charge in [0.15, 0.2) is 9.34 Å². The van der Waals surface area contributed by atoms with E-state index in [-0.39, 0.29) is 20.9 Å². The molecule has 21 heavy (non-hydrogen) atoms. The van der Waals surface area contributed by atoms with Crippen molar-refractivity contribution in [2.24, 2.45) is 5.14 Å². The number of thiazole rings is 1.